The molecule has 1 aliphatic heterocycles. The molecular weight excluding hydrogens is 300 g/mol. The van der Waals surface area contributed by atoms with Crippen molar-refractivity contribution in [3.8, 4) is 0 Å². The van der Waals surface area contributed by atoms with E-state index in [2.05, 4.69) is 37.1 Å². The molecule has 1 saturated carbocycles. The lowest BCUT2D eigenvalue weighted by Gasteiger charge is -2.54. The van der Waals surface area contributed by atoms with E-state index in [-0.39, 0.29) is 0 Å². The SMILES string of the molecule is CCC1(CC)CNC(C)(C2CC2)CN1Cc1ccc(Cl)s1. The Morgan fingerprint density at radius 3 is 2.57 bits per heavy atom. The molecule has 0 bridgehead atoms. The lowest BCUT2D eigenvalue weighted by Crippen LogP contribution is -2.69. The van der Waals surface area contributed by atoms with Crippen molar-refractivity contribution in [2.24, 2.45) is 5.92 Å². The highest BCUT2D eigenvalue weighted by Crippen LogP contribution is 2.44. The first-order chi connectivity index (χ1) is 10.0. The van der Waals surface area contributed by atoms with Gasteiger partial charge in [-0.05, 0) is 50.7 Å². The third-order valence-corrected chi connectivity index (χ3v) is 7.00. The van der Waals surface area contributed by atoms with Crippen LogP contribution in [0.2, 0.25) is 4.34 Å². The molecule has 0 aromatic carbocycles. The van der Waals surface area contributed by atoms with E-state index in [1.165, 1.54) is 30.6 Å². The molecule has 3 rings (SSSR count). The van der Waals surface area contributed by atoms with Crippen molar-refractivity contribution >= 4 is 22.9 Å². The van der Waals surface area contributed by atoms with Gasteiger partial charge >= 0.3 is 0 Å². The smallest absolute Gasteiger partial charge is 0.0931 e. The van der Waals surface area contributed by atoms with Crippen molar-refractivity contribution in [1.29, 1.82) is 0 Å². The average molecular weight is 327 g/mol. The summed E-state index contributed by atoms with van der Waals surface area (Å²) in [5.74, 6) is 0.874. The maximum atomic E-state index is 6.12. The van der Waals surface area contributed by atoms with Crippen LogP contribution in [0.4, 0.5) is 0 Å². The molecule has 1 aromatic heterocycles. The molecule has 4 heteroatoms. The predicted octanol–water partition coefficient (Wildman–Crippen LogP) is 4.53. The van der Waals surface area contributed by atoms with Gasteiger partial charge in [-0.25, -0.2) is 0 Å². The summed E-state index contributed by atoms with van der Waals surface area (Å²) >= 11 is 7.85. The zero-order valence-corrected chi connectivity index (χ0v) is 15.0. The van der Waals surface area contributed by atoms with Gasteiger partial charge in [0.2, 0.25) is 0 Å². The van der Waals surface area contributed by atoms with Gasteiger partial charge in [-0.2, -0.15) is 0 Å². The summed E-state index contributed by atoms with van der Waals surface area (Å²) in [4.78, 5) is 4.13. The van der Waals surface area contributed by atoms with Gasteiger partial charge in [-0.15, -0.1) is 11.3 Å². The number of nitrogens with one attached hydrogen (secondary N) is 1. The Hall–Kier alpha value is -0.0900. The van der Waals surface area contributed by atoms with Crippen LogP contribution in [0.5, 0.6) is 0 Å². The van der Waals surface area contributed by atoms with Gasteiger partial charge in [-0.1, -0.05) is 25.4 Å². The Balaban J connectivity index is 1.82. The van der Waals surface area contributed by atoms with Gasteiger partial charge in [0.15, 0.2) is 0 Å². The summed E-state index contributed by atoms with van der Waals surface area (Å²) in [7, 11) is 0. The molecule has 1 unspecified atom stereocenters. The van der Waals surface area contributed by atoms with Gasteiger partial charge < -0.3 is 5.32 Å². The Kier molecular flexibility index (Phi) is 4.39. The van der Waals surface area contributed by atoms with E-state index in [0.29, 0.717) is 11.1 Å². The molecule has 118 valence electrons. The molecular formula is C17H27ClN2S. The zero-order valence-electron chi connectivity index (χ0n) is 13.4. The van der Waals surface area contributed by atoms with E-state index in [4.69, 9.17) is 11.6 Å². The van der Waals surface area contributed by atoms with Crippen LogP contribution >= 0.6 is 22.9 Å². The van der Waals surface area contributed by atoms with E-state index < -0.39 is 0 Å². The van der Waals surface area contributed by atoms with E-state index in [9.17, 15) is 0 Å². The Labute approximate surface area is 137 Å². The normalized spacial score (nSPS) is 29.7. The number of thiophene rings is 1. The van der Waals surface area contributed by atoms with Gasteiger partial charge in [0.1, 0.15) is 0 Å². The van der Waals surface area contributed by atoms with Gasteiger partial charge in [0.05, 0.1) is 4.34 Å². The maximum Gasteiger partial charge on any atom is 0.0931 e. The lowest BCUT2D eigenvalue weighted by atomic mass is 9.81. The Morgan fingerprint density at radius 1 is 1.33 bits per heavy atom. The fourth-order valence-electron chi connectivity index (χ4n) is 3.89. The summed E-state index contributed by atoms with van der Waals surface area (Å²) in [5.41, 5.74) is 0.597. The third-order valence-electron chi connectivity index (χ3n) is 5.78. The molecule has 2 aliphatic rings. The maximum absolute atomic E-state index is 6.12. The van der Waals surface area contributed by atoms with E-state index >= 15 is 0 Å². The van der Waals surface area contributed by atoms with Crippen LogP contribution in [-0.4, -0.2) is 29.1 Å². The van der Waals surface area contributed by atoms with E-state index in [0.717, 1.165) is 29.9 Å². The van der Waals surface area contributed by atoms with Crippen molar-refractivity contribution in [2.45, 2.75) is 64.1 Å². The molecule has 21 heavy (non-hydrogen) atoms. The zero-order chi connectivity index (χ0) is 15.1. The van der Waals surface area contributed by atoms with Crippen LogP contribution in [0.15, 0.2) is 12.1 Å². The summed E-state index contributed by atoms with van der Waals surface area (Å²) < 4.78 is 0.906. The second-order valence-electron chi connectivity index (χ2n) is 7.04. The second-order valence-corrected chi connectivity index (χ2v) is 8.84. The Bertz CT molecular complexity index is 493. The number of nitrogens with zero attached hydrogens (tertiary/aromatic N) is 1. The van der Waals surface area contributed by atoms with E-state index in [1.54, 1.807) is 11.3 Å². The molecule has 1 saturated heterocycles. The van der Waals surface area contributed by atoms with Crippen molar-refractivity contribution < 1.29 is 0 Å². The van der Waals surface area contributed by atoms with Crippen molar-refractivity contribution in [3.05, 3.63) is 21.3 Å². The third kappa shape index (κ3) is 3.03. The summed E-state index contributed by atoms with van der Waals surface area (Å²) in [5, 5.41) is 3.91. The van der Waals surface area contributed by atoms with Gasteiger partial charge in [0.25, 0.3) is 0 Å². The molecule has 0 amide bonds. The minimum Gasteiger partial charge on any atom is -0.308 e. The van der Waals surface area contributed by atoms with Crippen LogP contribution in [-0.2, 0) is 6.54 Å². The molecule has 1 atom stereocenters. The summed E-state index contributed by atoms with van der Waals surface area (Å²) in [6.07, 6.45) is 5.20. The molecule has 1 aromatic rings. The predicted molar refractivity (Wildman–Crippen MR) is 92.2 cm³/mol. The number of halogens is 1. The minimum atomic E-state index is 0.296. The highest BCUT2D eigenvalue weighted by molar-refractivity contribution is 7.16. The Morgan fingerprint density at radius 2 is 2.05 bits per heavy atom. The van der Waals surface area contributed by atoms with Gasteiger partial charge in [-0.3, -0.25) is 4.90 Å². The molecule has 2 heterocycles. The van der Waals surface area contributed by atoms with Crippen molar-refractivity contribution in [2.75, 3.05) is 13.1 Å². The minimum absolute atomic E-state index is 0.296. The van der Waals surface area contributed by atoms with Gasteiger partial charge in [0, 0.05) is 35.6 Å². The number of rotatable bonds is 5. The van der Waals surface area contributed by atoms with Crippen LogP contribution < -0.4 is 5.32 Å². The number of hydrogen-bond acceptors (Lipinski definition) is 3. The molecule has 1 N–H and O–H groups in total. The summed E-state index contributed by atoms with van der Waals surface area (Å²) in [6.45, 7) is 10.4. The average Bonchev–Trinajstić information content (AvgIpc) is 3.25. The fraction of sp³-hybridized carbons (Fsp3) is 0.765. The number of hydrogen-bond donors (Lipinski definition) is 1. The van der Waals surface area contributed by atoms with Crippen molar-refractivity contribution in [3.63, 3.8) is 0 Å². The topological polar surface area (TPSA) is 15.3 Å². The first-order valence-corrected chi connectivity index (χ1v) is 9.45. The largest absolute Gasteiger partial charge is 0.308 e. The summed E-state index contributed by atoms with van der Waals surface area (Å²) in [6, 6.07) is 4.23. The van der Waals surface area contributed by atoms with E-state index in [1.807, 2.05) is 6.07 Å². The quantitative estimate of drug-likeness (QED) is 0.855. The molecule has 0 spiro atoms. The lowest BCUT2D eigenvalue weighted by molar-refractivity contribution is -0.00902. The molecule has 1 aliphatic carbocycles. The van der Waals surface area contributed by atoms with Crippen LogP contribution in [0.3, 0.4) is 0 Å². The highest BCUT2D eigenvalue weighted by Gasteiger charge is 2.49. The van der Waals surface area contributed by atoms with Crippen LogP contribution in [0, 0.1) is 5.92 Å². The number of piperazine rings is 1. The van der Waals surface area contributed by atoms with Crippen molar-refractivity contribution in [1.82, 2.24) is 10.2 Å². The standard InChI is InChI=1S/C17H27ClN2S/c1-4-17(5-2)11-19-16(3,13-6-7-13)12-20(17)10-14-8-9-15(18)21-14/h8-9,13,19H,4-7,10-12H2,1-3H3. The first kappa shape index (κ1) is 15.8. The molecule has 2 nitrogen and oxygen atoms in total. The van der Waals surface area contributed by atoms with Crippen LogP contribution in [0.25, 0.3) is 0 Å². The first-order valence-electron chi connectivity index (χ1n) is 8.25. The monoisotopic (exact) mass is 326 g/mol. The molecule has 0 radical (unpaired) electrons. The highest BCUT2D eigenvalue weighted by atomic mass is 35.5. The van der Waals surface area contributed by atoms with Crippen LogP contribution in [0.1, 0.15) is 51.3 Å². The fourth-order valence-corrected chi connectivity index (χ4v) is 4.99. The molecule has 2 fully saturated rings. The second kappa shape index (κ2) is 5.84.